The first-order valence-electron chi connectivity index (χ1n) is 6.26. The summed E-state index contributed by atoms with van der Waals surface area (Å²) in [4.78, 5) is 21.6. The average Bonchev–Trinajstić information content (AvgIpc) is 2.38. The maximum Gasteiger partial charge on any atom is 0.573 e. The van der Waals surface area contributed by atoms with Gasteiger partial charge in [0.1, 0.15) is 5.75 Å². The van der Waals surface area contributed by atoms with Crippen LogP contribution in [0.1, 0.15) is 18.4 Å². The molecule has 9 heteroatoms. The van der Waals surface area contributed by atoms with Crippen LogP contribution in [0.25, 0.3) is 0 Å². The van der Waals surface area contributed by atoms with Gasteiger partial charge in [-0.1, -0.05) is 12.1 Å². The van der Waals surface area contributed by atoms with Crippen molar-refractivity contribution < 1.29 is 32.6 Å². The number of hydrogen-bond acceptors (Lipinski definition) is 4. The number of halogens is 3. The zero-order chi connectivity index (χ0) is 16.8. The second-order valence-corrected chi connectivity index (χ2v) is 4.46. The van der Waals surface area contributed by atoms with Crippen LogP contribution in [-0.4, -0.2) is 29.4 Å². The fourth-order valence-electron chi connectivity index (χ4n) is 1.66. The van der Waals surface area contributed by atoms with Crippen molar-refractivity contribution in [3.05, 3.63) is 29.8 Å². The maximum atomic E-state index is 12.0. The van der Waals surface area contributed by atoms with E-state index in [9.17, 15) is 22.8 Å². The molecule has 0 aliphatic rings. The fourth-order valence-corrected chi connectivity index (χ4v) is 1.66. The number of primary amides is 1. The highest BCUT2D eigenvalue weighted by Gasteiger charge is 2.30. The molecule has 0 aromatic heterocycles. The zero-order valence-electron chi connectivity index (χ0n) is 11.4. The van der Waals surface area contributed by atoms with Gasteiger partial charge in [-0.15, -0.1) is 13.2 Å². The monoisotopic (exact) mass is 320 g/mol. The van der Waals surface area contributed by atoms with Crippen LogP contribution in [0.5, 0.6) is 5.75 Å². The number of carboxylic acids is 1. The van der Waals surface area contributed by atoms with Crippen molar-refractivity contribution in [3.63, 3.8) is 0 Å². The molecule has 22 heavy (non-hydrogen) atoms. The molecule has 1 atom stereocenters. The third kappa shape index (κ3) is 6.93. The first-order valence-corrected chi connectivity index (χ1v) is 6.26. The highest BCUT2D eigenvalue weighted by atomic mass is 19.4. The van der Waals surface area contributed by atoms with Crippen molar-refractivity contribution in [1.82, 2.24) is 5.32 Å². The molecule has 0 aliphatic heterocycles. The van der Waals surface area contributed by atoms with Crippen LogP contribution in [0.15, 0.2) is 24.3 Å². The normalized spacial score (nSPS) is 12.7. The highest BCUT2D eigenvalue weighted by Crippen LogP contribution is 2.22. The van der Waals surface area contributed by atoms with Crippen molar-refractivity contribution in [2.24, 2.45) is 5.73 Å². The number of alkyl halides is 3. The third-order valence-corrected chi connectivity index (χ3v) is 2.70. The third-order valence-electron chi connectivity index (χ3n) is 2.70. The van der Waals surface area contributed by atoms with Gasteiger partial charge in [-0.05, 0) is 24.1 Å². The van der Waals surface area contributed by atoms with E-state index in [-0.39, 0.29) is 25.1 Å². The topological polar surface area (TPSA) is 102 Å². The summed E-state index contributed by atoms with van der Waals surface area (Å²) < 4.78 is 39.7. The van der Waals surface area contributed by atoms with E-state index in [1.54, 1.807) is 0 Å². The van der Waals surface area contributed by atoms with Crippen molar-refractivity contribution in [2.75, 3.05) is 0 Å². The number of aliphatic carboxylic acids is 1. The Bertz CT molecular complexity index is 517. The number of carboxylic acid groups (broad SMARTS) is 1. The first kappa shape index (κ1) is 17.8. The summed E-state index contributed by atoms with van der Waals surface area (Å²) in [6.45, 7) is 0.152. The standard InChI is InChI=1S/C13H15F3N2O4/c14-13(15,16)22-9-3-1-8(2-4-9)7-18-10(12(17)21)5-6-11(19)20/h1-4,10,18H,5-7H2,(H2,17,21)(H,19,20)/t10-/m0/s1. The molecule has 0 spiro atoms. The van der Waals surface area contributed by atoms with Crippen LogP contribution in [0.2, 0.25) is 0 Å². The second kappa shape index (κ2) is 7.64. The van der Waals surface area contributed by atoms with Crippen molar-refractivity contribution in [2.45, 2.75) is 31.8 Å². The summed E-state index contributed by atoms with van der Waals surface area (Å²) in [6, 6.07) is 4.23. The van der Waals surface area contributed by atoms with Gasteiger partial charge >= 0.3 is 12.3 Å². The smallest absolute Gasteiger partial charge is 0.481 e. The summed E-state index contributed by atoms with van der Waals surface area (Å²) in [5.74, 6) is -2.10. The van der Waals surface area contributed by atoms with Gasteiger partial charge in [0.2, 0.25) is 5.91 Å². The summed E-state index contributed by atoms with van der Waals surface area (Å²) >= 11 is 0. The average molecular weight is 320 g/mol. The molecule has 4 N–H and O–H groups in total. The van der Waals surface area contributed by atoms with Crippen LogP contribution in [0, 0.1) is 0 Å². The summed E-state index contributed by atoms with van der Waals surface area (Å²) in [7, 11) is 0. The molecule has 0 fully saturated rings. The minimum atomic E-state index is -4.76. The molecule has 0 unspecified atom stereocenters. The number of rotatable bonds is 8. The first-order chi connectivity index (χ1) is 10.2. The minimum absolute atomic E-state index is 0.0277. The zero-order valence-corrected chi connectivity index (χ0v) is 11.4. The Labute approximate surface area is 124 Å². The number of hydrogen-bond donors (Lipinski definition) is 3. The summed E-state index contributed by atoms with van der Waals surface area (Å²) in [6.07, 6.45) is -4.95. The number of carbonyl (C=O) groups is 2. The fraction of sp³-hybridized carbons (Fsp3) is 0.385. The molecule has 6 nitrogen and oxygen atoms in total. The highest BCUT2D eigenvalue weighted by molar-refractivity contribution is 5.80. The molecule has 0 heterocycles. The lowest BCUT2D eigenvalue weighted by molar-refractivity contribution is -0.274. The van der Waals surface area contributed by atoms with Gasteiger partial charge < -0.3 is 20.9 Å². The molecule has 1 amide bonds. The summed E-state index contributed by atoms with van der Waals surface area (Å²) in [5, 5.41) is 11.3. The van der Waals surface area contributed by atoms with Crippen LogP contribution < -0.4 is 15.8 Å². The van der Waals surface area contributed by atoms with Gasteiger partial charge in [0.25, 0.3) is 0 Å². The Hall–Kier alpha value is -2.29. The number of carbonyl (C=O) groups excluding carboxylic acids is 1. The Morgan fingerprint density at radius 1 is 1.27 bits per heavy atom. The van der Waals surface area contributed by atoms with Crippen LogP contribution >= 0.6 is 0 Å². The summed E-state index contributed by atoms with van der Waals surface area (Å²) in [5.41, 5.74) is 5.73. The molecule has 0 aliphatic carbocycles. The van der Waals surface area contributed by atoms with Gasteiger partial charge in [-0.25, -0.2) is 0 Å². The quantitative estimate of drug-likeness (QED) is 0.672. The van der Waals surface area contributed by atoms with E-state index in [2.05, 4.69) is 10.1 Å². The number of benzene rings is 1. The molecule has 0 radical (unpaired) electrons. The van der Waals surface area contributed by atoms with E-state index in [4.69, 9.17) is 10.8 Å². The Kier molecular flexibility index (Phi) is 6.17. The molecular formula is C13H15F3N2O4. The second-order valence-electron chi connectivity index (χ2n) is 4.46. The Morgan fingerprint density at radius 3 is 2.32 bits per heavy atom. The largest absolute Gasteiger partial charge is 0.573 e. The Morgan fingerprint density at radius 2 is 1.86 bits per heavy atom. The molecule has 1 rings (SSSR count). The molecule has 122 valence electrons. The molecule has 1 aromatic carbocycles. The molecule has 0 bridgehead atoms. The molecule has 0 saturated carbocycles. The minimum Gasteiger partial charge on any atom is -0.481 e. The van der Waals surface area contributed by atoms with Crippen molar-refractivity contribution in [1.29, 1.82) is 0 Å². The van der Waals surface area contributed by atoms with E-state index in [1.165, 1.54) is 12.1 Å². The van der Waals surface area contributed by atoms with Crippen molar-refractivity contribution in [3.8, 4) is 5.75 Å². The maximum absolute atomic E-state index is 12.0. The van der Waals surface area contributed by atoms with Gasteiger partial charge in [0.15, 0.2) is 0 Å². The van der Waals surface area contributed by atoms with Gasteiger partial charge in [0.05, 0.1) is 6.04 Å². The lowest BCUT2D eigenvalue weighted by Gasteiger charge is -2.15. The lowest BCUT2D eigenvalue weighted by atomic mass is 10.1. The van der Waals surface area contributed by atoms with Gasteiger partial charge in [0, 0.05) is 13.0 Å². The van der Waals surface area contributed by atoms with Crippen molar-refractivity contribution >= 4 is 11.9 Å². The van der Waals surface area contributed by atoms with E-state index in [0.29, 0.717) is 5.56 Å². The Balaban J connectivity index is 2.55. The van der Waals surface area contributed by atoms with E-state index >= 15 is 0 Å². The number of amides is 1. The number of nitrogens with one attached hydrogen (secondary N) is 1. The SMILES string of the molecule is NC(=O)[C@H](CCC(=O)O)NCc1ccc(OC(F)(F)F)cc1. The van der Waals surface area contributed by atoms with Crippen LogP contribution in [-0.2, 0) is 16.1 Å². The predicted molar refractivity (Wildman–Crippen MR) is 69.8 cm³/mol. The van der Waals surface area contributed by atoms with Crippen LogP contribution in [0.3, 0.4) is 0 Å². The van der Waals surface area contributed by atoms with E-state index in [0.717, 1.165) is 12.1 Å². The van der Waals surface area contributed by atoms with Gasteiger partial charge in [-0.2, -0.15) is 0 Å². The predicted octanol–water partition coefficient (Wildman–Crippen LogP) is 1.39. The molecule has 0 saturated heterocycles. The van der Waals surface area contributed by atoms with E-state index in [1.807, 2.05) is 0 Å². The van der Waals surface area contributed by atoms with Crippen LogP contribution in [0.4, 0.5) is 13.2 Å². The lowest BCUT2D eigenvalue weighted by Crippen LogP contribution is -2.41. The molecule has 1 aromatic rings. The van der Waals surface area contributed by atoms with E-state index < -0.39 is 24.3 Å². The molecular weight excluding hydrogens is 305 g/mol. The number of nitrogens with two attached hydrogens (primary N) is 1. The van der Waals surface area contributed by atoms with Gasteiger partial charge in [-0.3, -0.25) is 9.59 Å². The number of ether oxygens (including phenoxy) is 1.